The van der Waals surface area contributed by atoms with Crippen molar-refractivity contribution in [2.24, 2.45) is 0 Å². The van der Waals surface area contributed by atoms with Crippen molar-refractivity contribution in [1.82, 2.24) is 4.98 Å². The van der Waals surface area contributed by atoms with Gasteiger partial charge in [0.05, 0.1) is 30.9 Å². The Morgan fingerprint density at radius 3 is 2.70 bits per heavy atom. The molecule has 1 amide bonds. The van der Waals surface area contributed by atoms with E-state index in [2.05, 4.69) is 10.3 Å². The summed E-state index contributed by atoms with van der Waals surface area (Å²) < 4.78 is 15.8. The molecule has 1 aromatic heterocycles. The number of rotatable bonds is 6. The Morgan fingerprint density at radius 2 is 2.07 bits per heavy atom. The standard InChI is InChI=1S/C19H19ClN2O5/c1-2-26-19(24)12-3-5-14(6-4-12)22-17(23)13-9-16(20)18(21-10-13)27-15-7-8-25-11-15/h3-6,9-10,15H,2,7-8,11H2,1H3,(H,22,23)/t15-/m0/s1. The van der Waals surface area contributed by atoms with Gasteiger partial charge in [-0.2, -0.15) is 0 Å². The topological polar surface area (TPSA) is 86.8 Å². The number of carbonyl (C=O) groups excluding carboxylic acids is 2. The van der Waals surface area contributed by atoms with Gasteiger partial charge in [-0.15, -0.1) is 0 Å². The predicted molar refractivity (Wildman–Crippen MR) is 99.5 cm³/mol. The number of hydrogen-bond donors (Lipinski definition) is 1. The van der Waals surface area contributed by atoms with E-state index < -0.39 is 5.97 Å². The Bertz CT molecular complexity index is 819. The Labute approximate surface area is 161 Å². The molecule has 0 radical (unpaired) electrons. The first-order valence-corrected chi connectivity index (χ1v) is 8.93. The minimum atomic E-state index is -0.408. The van der Waals surface area contributed by atoms with Gasteiger partial charge in [0.1, 0.15) is 11.1 Å². The minimum Gasteiger partial charge on any atom is -0.471 e. The Balaban J connectivity index is 1.63. The number of amides is 1. The van der Waals surface area contributed by atoms with Gasteiger partial charge in [-0.05, 0) is 37.3 Å². The number of halogens is 1. The zero-order valence-corrected chi connectivity index (χ0v) is 15.5. The minimum absolute atomic E-state index is 0.0763. The van der Waals surface area contributed by atoms with Crippen LogP contribution in [0.2, 0.25) is 5.02 Å². The van der Waals surface area contributed by atoms with Crippen LogP contribution < -0.4 is 10.1 Å². The van der Waals surface area contributed by atoms with Crippen LogP contribution in [0.1, 0.15) is 34.1 Å². The van der Waals surface area contributed by atoms with Crippen molar-refractivity contribution in [3.8, 4) is 5.88 Å². The third-order valence-corrected chi connectivity index (χ3v) is 4.16. The molecular formula is C19H19ClN2O5. The van der Waals surface area contributed by atoms with Crippen LogP contribution in [0.25, 0.3) is 0 Å². The molecule has 1 aliphatic heterocycles. The molecule has 7 nitrogen and oxygen atoms in total. The fourth-order valence-electron chi connectivity index (χ4n) is 2.51. The largest absolute Gasteiger partial charge is 0.471 e. The molecule has 1 aliphatic rings. The summed E-state index contributed by atoms with van der Waals surface area (Å²) in [5.74, 6) is -0.499. The fraction of sp³-hybridized carbons (Fsp3) is 0.316. The highest BCUT2D eigenvalue weighted by Crippen LogP contribution is 2.25. The smallest absolute Gasteiger partial charge is 0.338 e. The molecule has 0 aliphatic carbocycles. The van der Waals surface area contributed by atoms with Crippen molar-refractivity contribution in [2.45, 2.75) is 19.4 Å². The molecule has 142 valence electrons. The number of hydrogen-bond acceptors (Lipinski definition) is 6. The lowest BCUT2D eigenvalue weighted by atomic mass is 10.2. The second-order valence-electron chi connectivity index (χ2n) is 5.87. The predicted octanol–water partition coefficient (Wildman–Crippen LogP) is 3.33. The normalized spacial score (nSPS) is 16.0. The van der Waals surface area contributed by atoms with Crippen LogP contribution in [-0.2, 0) is 9.47 Å². The van der Waals surface area contributed by atoms with Gasteiger partial charge in [-0.3, -0.25) is 4.79 Å². The lowest BCUT2D eigenvalue weighted by Crippen LogP contribution is -2.17. The fourth-order valence-corrected chi connectivity index (χ4v) is 2.72. The van der Waals surface area contributed by atoms with E-state index in [-0.39, 0.29) is 22.9 Å². The maximum atomic E-state index is 12.4. The number of nitrogens with zero attached hydrogens (tertiary/aromatic N) is 1. The second-order valence-corrected chi connectivity index (χ2v) is 6.27. The van der Waals surface area contributed by atoms with Crippen LogP contribution in [0.5, 0.6) is 5.88 Å². The van der Waals surface area contributed by atoms with Crippen LogP contribution in [0, 0.1) is 0 Å². The SMILES string of the molecule is CCOC(=O)c1ccc(NC(=O)c2cnc(O[C@H]3CCOC3)c(Cl)c2)cc1. The van der Waals surface area contributed by atoms with E-state index in [1.165, 1.54) is 12.3 Å². The first-order valence-electron chi connectivity index (χ1n) is 8.55. The summed E-state index contributed by atoms with van der Waals surface area (Å²) in [6.07, 6.45) is 2.11. The average molecular weight is 391 g/mol. The summed E-state index contributed by atoms with van der Waals surface area (Å²) in [5.41, 5.74) is 1.24. The van der Waals surface area contributed by atoms with E-state index in [9.17, 15) is 9.59 Å². The van der Waals surface area contributed by atoms with Crippen molar-refractivity contribution in [3.05, 3.63) is 52.7 Å². The van der Waals surface area contributed by atoms with E-state index in [4.69, 9.17) is 25.8 Å². The highest BCUT2D eigenvalue weighted by molar-refractivity contribution is 6.32. The summed E-state index contributed by atoms with van der Waals surface area (Å²) in [5, 5.41) is 2.98. The highest BCUT2D eigenvalue weighted by atomic mass is 35.5. The first-order chi connectivity index (χ1) is 13.1. The average Bonchev–Trinajstić information content (AvgIpc) is 3.17. The van der Waals surface area contributed by atoms with Crippen LogP contribution in [-0.4, -0.2) is 42.8 Å². The third kappa shape index (κ3) is 4.96. The number of anilines is 1. The molecule has 0 spiro atoms. The van der Waals surface area contributed by atoms with Crippen LogP contribution >= 0.6 is 11.6 Å². The molecule has 1 fully saturated rings. The van der Waals surface area contributed by atoms with Gasteiger partial charge in [-0.1, -0.05) is 11.6 Å². The number of pyridine rings is 1. The maximum Gasteiger partial charge on any atom is 0.338 e. The molecule has 0 unspecified atom stereocenters. The number of ether oxygens (including phenoxy) is 3. The van der Waals surface area contributed by atoms with Gasteiger partial charge < -0.3 is 19.5 Å². The van der Waals surface area contributed by atoms with Gasteiger partial charge in [0, 0.05) is 18.3 Å². The molecule has 8 heteroatoms. The van der Waals surface area contributed by atoms with E-state index in [0.29, 0.717) is 36.6 Å². The van der Waals surface area contributed by atoms with Gasteiger partial charge in [0.15, 0.2) is 0 Å². The van der Waals surface area contributed by atoms with Crippen LogP contribution in [0.3, 0.4) is 0 Å². The monoisotopic (exact) mass is 390 g/mol. The molecule has 2 aromatic rings. The third-order valence-electron chi connectivity index (χ3n) is 3.89. The lowest BCUT2D eigenvalue weighted by molar-refractivity contribution is 0.0526. The molecule has 0 bridgehead atoms. The molecule has 27 heavy (non-hydrogen) atoms. The van der Waals surface area contributed by atoms with Crippen LogP contribution in [0.4, 0.5) is 5.69 Å². The van der Waals surface area contributed by atoms with Crippen molar-refractivity contribution in [3.63, 3.8) is 0 Å². The molecule has 1 atom stereocenters. The van der Waals surface area contributed by atoms with E-state index >= 15 is 0 Å². The number of nitrogens with one attached hydrogen (secondary N) is 1. The first kappa shape index (κ1) is 19.1. The summed E-state index contributed by atoms with van der Waals surface area (Å²) >= 11 is 6.18. The van der Waals surface area contributed by atoms with E-state index in [0.717, 1.165) is 6.42 Å². The van der Waals surface area contributed by atoms with Gasteiger partial charge in [0.25, 0.3) is 5.91 Å². The van der Waals surface area contributed by atoms with Crippen molar-refractivity contribution in [2.75, 3.05) is 25.1 Å². The molecule has 0 saturated carbocycles. The van der Waals surface area contributed by atoms with Crippen molar-refractivity contribution >= 4 is 29.2 Å². The molecule has 1 saturated heterocycles. The highest BCUT2D eigenvalue weighted by Gasteiger charge is 2.20. The van der Waals surface area contributed by atoms with Crippen molar-refractivity contribution < 1.29 is 23.8 Å². The summed E-state index contributed by atoms with van der Waals surface area (Å²) in [7, 11) is 0. The quantitative estimate of drug-likeness (QED) is 0.761. The number of esters is 1. The molecular weight excluding hydrogens is 372 g/mol. The van der Waals surface area contributed by atoms with E-state index in [1.54, 1.807) is 31.2 Å². The van der Waals surface area contributed by atoms with Crippen molar-refractivity contribution in [1.29, 1.82) is 0 Å². The summed E-state index contributed by atoms with van der Waals surface area (Å²) in [6.45, 7) is 3.20. The van der Waals surface area contributed by atoms with Gasteiger partial charge >= 0.3 is 5.97 Å². The second kappa shape index (κ2) is 8.83. The molecule has 1 N–H and O–H groups in total. The lowest BCUT2D eigenvalue weighted by Gasteiger charge is -2.12. The van der Waals surface area contributed by atoms with Gasteiger partial charge in [-0.25, -0.2) is 9.78 Å². The number of benzene rings is 1. The zero-order chi connectivity index (χ0) is 19.2. The van der Waals surface area contributed by atoms with Crippen LogP contribution in [0.15, 0.2) is 36.5 Å². The summed E-state index contributed by atoms with van der Waals surface area (Å²) in [6, 6.07) is 7.91. The Kier molecular flexibility index (Phi) is 6.26. The zero-order valence-electron chi connectivity index (χ0n) is 14.7. The Morgan fingerprint density at radius 1 is 1.30 bits per heavy atom. The Hall–Kier alpha value is -2.64. The number of aromatic nitrogens is 1. The number of carbonyl (C=O) groups is 2. The molecule has 3 rings (SSSR count). The van der Waals surface area contributed by atoms with E-state index in [1.807, 2.05) is 0 Å². The molecule has 2 heterocycles. The summed E-state index contributed by atoms with van der Waals surface area (Å²) in [4.78, 5) is 28.2. The van der Waals surface area contributed by atoms with Gasteiger partial charge in [0.2, 0.25) is 5.88 Å². The maximum absolute atomic E-state index is 12.4. The molecule has 1 aromatic carbocycles.